The molecule has 0 unspecified atom stereocenters. The van der Waals surface area contributed by atoms with Crippen molar-refractivity contribution in [2.24, 2.45) is 0 Å². The summed E-state index contributed by atoms with van der Waals surface area (Å²) < 4.78 is 0. The Morgan fingerprint density at radius 2 is 2.17 bits per heavy atom. The molecule has 1 aliphatic heterocycles. The maximum absolute atomic E-state index is 12.6. The van der Waals surface area contributed by atoms with Crippen molar-refractivity contribution in [3.8, 4) is 6.07 Å². The fourth-order valence-electron chi connectivity index (χ4n) is 3.24. The van der Waals surface area contributed by atoms with Crippen LogP contribution in [0.2, 0.25) is 10.0 Å². The molecule has 0 fully saturated rings. The van der Waals surface area contributed by atoms with Crippen molar-refractivity contribution in [2.45, 2.75) is 32.1 Å². The van der Waals surface area contributed by atoms with Crippen molar-refractivity contribution in [1.82, 2.24) is 5.32 Å². The van der Waals surface area contributed by atoms with Crippen LogP contribution in [0.1, 0.15) is 37.7 Å². The lowest BCUT2D eigenvalue weighted by atomic mass is 9.77. The molecule has 0 radical (unpaired) electrons. The lowest BCUT2D eigenvalue weighted by Crippen LogP contribution is -2.31. The second-order valence-corrected chi connectivity index (χ2v) is 7.72. The summed E-state index contributed by atoms with van der Waals surface area (Å²) in [5.74, 6) is 0.470. The van der Waals surface area contributed by atoms with E-state index in [1.54, 1.807) is 23.9 Å². The molecule has 1 aromatic carbocycles. The highest BCUT2D eigenvalue weighted by Gasteiger charge is 2.37. The van der Waals surface area contributed by atoms with E-state index in [-0.39, 0.29) is 5.78 Å². The van der Waals surface area contributed by atoms with E-state index in [2.05, 4.69) is 11.4 Å². The van der Waals surface area contributed by atoms with Crippen molar-refractivity contribution in [3.63, 3.8) is 0 Å². The number of allylic oxidation sites excluding steroid dienone is 3. The summed E-state index contributed by atoms with van der Waals surface area (Å²) in [6.07, 6.45) is 2.14. The highest BCUT2D eigenvalue weighted by molar-refractivity contribution is 8.03. The number of benzene rings is 1. The van der Waals surface area contributed by atoms with E-state index < -0.39 is 5.92 Å². The zero-order valence-electron chi connectivity index (χ0n) is 13.2. The molecule has 1 aromatic rings. The van der Waals surface area contributed by atoms with Gasteiger partial charge in [0.05, 0.1) is 32.6 Å². The van der Waals surface area contributed by atoms with E-state index in [1.807, 2.05) is 13.0 Å². The van der Waals surface area contributed by atoms with Gasteiger partial charge in [0.15, 0.2) is 5.78 Å². The predicted octanol–water partition coefficient (Wildman–Crippen LogP) is 5.18. The van der Waals surface area contributed by atoms with Gasteiger partial charge in [-0.2, -0.15) is 5.26 Å². The number of halogens is 2. The lowest BCUT2D eigenvalue weighted by Gasteiger charge is -2.33. The van der Waals surface area contributed by atoms with Gasteiger partial charge in [-0.25, -0.2) is 0 Å². The minimum atomic E-state index is -0.445. The van der Waals surface area contributed by atoms with Crippen LogP contribution < -0.4 is 5.32 Å². The summed E-state index contributed by atoms with van der Waals surface area (Å²) in [6.45, 7) is 2.03. The standard InChI is InChI=1S/C18H16Cl2N2OS/c1-2-24-18-11(9-21)15(10-5-3-6-12(19)17(10)20)16-13(22-18)7-4-8-14(16)23/h3,5-6,15,22H,2,4,7-8H2,1H3/t15-/m1/s1. The molecule has 0 saturated carbocycles. The highest BCUT2D eigenvalue weighted by atomic mass is 35.5. The van der Waals surface area contributed by atoms with E-state index in [4.69, 9.17) is 23.2 Å². The van der Waals surface area contributed by atoms with Crippen LogP contribution in [-0.4, -0.2) is 11.5 Å². The van der Waals surface area contributed by atoms with Gasteiger partial charge in [0.2, 0.25) is 0 Å². The second-order valence-electron chi connectivity index (χ2n) is 5.66. The molecular formula is C18H16Cl2N2OS. The fourth-order valence-corrected chi connectivity index (χ4v) is 4.46. The summed E-state index contributed by atoms with van der Waals surface area (Å²) in [4.78, 5) is 12.6. The second kappa shape index (κ2) is 7.23. The molecule has 0 spiro atoms. The summed E-state index contributed by atoms with van der Waals surface area (Å²) in [6, 6.07) is 7.66. The minimum Gasteiger partial charge on any atom is -0.352 e. The number of dihydropyridines is 1. The summed E-state index contributed by atoms with van der Waals surface area (Å²) >= 11 is 14.2. The number of hydrogen-bond acceptors (Lipinski definition) is 4. The molecule has 0 aromatic heterocycles. The van der Waals surface area contributed by atoms with E-state index in [9.17, 15) is 10.1 Å². The number of ketones is 1. The number of nitrogens with one attached hydrogen (secondary N) is 1. The van der Waals surface area contributed by atoms with E-state index in [1.165, 1.54) is 0 Å². The Balaban J connectivity index is 2.24. The van der Waals surface area contributed by atoms with E-state index in [0.29, 0.717) is 27.6 Å². The summed E-state index contributed by atoms with van der Waals surface area (Å²) in [5.41, 5.74) is 2.85. The molecule has 124 valence electrons. The molecule has 24 heavy (non-hydrogen) atoms. The first-order valence-corrected chi connectivity index (χ1v) is 9.56. The molecule has 0 amide bonds. The Bertz CT molecular complexity index is 808. The normalized spacial score (nSPS) is 20.6. The average Bonchev–Trinajstić information content (AvgIpc) is 2.57. The van der Waals surface area contributed by atoms with Crippen LogP contribution in [-0.2, 0) is 4.79 Å². The molecule has 3 nitrogen and oxygen atoms in total. The molecule has 1 atom stereocenters. The monoisotopic (exact) mass is 378 g/mol. The average molecular weight is 379 g/mol. The smallest absolute Gasteiger partial charge is 0.161 e. The van der Waals surface area contributed by atoms with Gasteiger partial charge in [-0.05, 0) is 30.2 Å². The van der Waals surface area contributed by atoms with E-state index in [0.717, 1.165) is 34.9 Å². The quantitative estimate of drug-likeness (QED) is 0.787. The Hall–Kier alpha value is -1.41. The molecule has 1 aliphatic carbocycles. The fraction of sp³-hybridized carbons (Fsp3) is 0.333. The SMILES string of the molecule is CCSC1=C(C#N)[C@@H](c2cccc(Cl)c2Cl)C2=C(CCCC2=O)N1. The highest BCUT2D eigenvalue weighted by Crippen LogP contribution is 2.46. The van der Waals surface area contributed by atoms with Crippen LogP contribution in [0.4, 0.5) is 0 Å². The predicted molar refractivity (Wildman–Crippen MR) is 99.0 cm³/mol. The van der Waals surface area contributed by atoms with E-state index >= 15 is 0 Å². The van der Waals surface area contributed by atoms with Gasteiger partial charge in [-0.1, -0.05) is 42.3 Å². The molecule has 1 heterocycles. The first-order valence-electron chi connectivity index (χ1n) is 7.82. The molecule has 6 heteroatoms. The third kappa shape index (κ3) is 2.97. The molecule has 1 N–H and O–H groups in total. The van der Waals surface area contributed by atoms with Gasteiger partial charge in [0, 0.05) is 17.7 Å². The topological polar surface area (TPSA) is 52.9 Å². The third-order valence-electron chi connectivity index (χ3n) is 4.24. The first-order chi connectivity index (χ1) is 11.6. The van der Waals surface area contributed by atoms with Crippen LogP contribution in [0, 0.1) is 11.3 Å². The number of hydrogen-bond donors (Lipinski definition) is 1. The molecular weight excluding hydrogens is 363 g/mol. The van der Waals surface area contributed by atoms with Crippen LogP contribution in [0.25, 0.3) is 0 Å². The van der Waals surface area contributed by atoms with Crippen molar-refractivity contribution in [2.75, 3.05) is 5.75 Å². The number of nitrogens with zero attached hydrogens (tertiary/aromatic N) is 1. The Morgan fingerprint density at radius 3 is 2.88 bits per heavy atom. The van der Waals surface area contributed by atoms with Gasteiger partial charge in [0.1, 0.15) is 0 Å². The van der Waals surface area contributed by atoms with Crippen LogP contribution in [0.5, 0.6) is 0 Å². The van der Waals surface area contributed by atoms with Crippen molar-refractivity contribution >= 4 is 40.7 Å². The number of rotatable bonds is 3. The Morgan fingerprint density at radius 1 is 1.38 bits per heavy atom. The van der Waals surface area contributed by atoms with Gasteiger partial charge >= 0.3 is 0 Å². The van der Waals surface area contributed by atoms with Crippen LogP contribution in [0.3, 0.4) is 0 Å². The number of thioether (sulfide) groups is 1. The molecule has 3 rings (SSSR count). The van der Waals surface area contributed by atoms with Gasteiger partial charge in [-0.15, -0.1) is 11.8 Å². The minimum absolute atomic E-state index is 0.0816. The van der Waals surface area contributed by atoms with Gasteiger partial charge in [0.25, 0.3) is 0 Å². The maximum atomic E-state index is 12.6. The summed E-state index contributed by atoms with van der Waals surface area (Å²) in [7, 11) is 0. The van der Waals surface area contributed by atoms with Crippen molar-refractivity contribution < 1.29 is 4.79 Å². The summed E-state index contributed by atoms with van der Waals surface area (Å²) in [5, 5.41) is 14.8. The molecule has 0 bridgehead atoms. The number of carbonyl (C=O) groups is 1. The van der Waals surface area contributed by atoms with Crippen LogP contribution in [0.15, 0.2) is 40.1 Å². The van der Waals surface area contributed by atoms with Crippen LogP contribution >= 0.6 is 35.0 Å². The third-order valence-corrected chi connectivity index (χ3v) is 5.98. The Labute approximate surface area is 155 Å². The van der Waals surface area contributed by atoms with Crippen molar-refractivity contribution in [3.05, 3.63) is 55.7 Å². The first kappa shape index (κ1) is 17.4. The Kier molecular flexibility index (Phi) is 5.24. The molecule has 2 aliphatic rings. The number of Topliss-reactive ketones (excluding diaryl/α,β-unsaturated/α-hetero) is 1. The zero-order chi connectivity index (χ0) is 17.3. The zero-order valence-corrected chi connectivity index (χ0v) is 15.5. The molecule has 0 saturated heterocycles. The largest absolute Gasteiger partial charge is 0.352 e. The van der Waals surface area contributed by atoms with Crippen molar-refractivity contribution in [1.29, 1.82) is 5.26 Å². The lowest BCUT2D eigenvalue weighted by molar-refractivity contribution is -0.116. The van der Waals surface area contributed by atoms with Gasteiger partial charge < -0.3 is 5.32 Å². The van der Waals surface area contributed by atoms with Gasteiger partial charge in [-0.3, -0.25) is 4.79 Å². The number of carbonyl (C=O) groups excluding carboxylic acids is 1. The number of nitriles is 1. The maximum Gasteiger partial charge on any atom is 0.161 e.